The Labute approximate surface area is 264 Å². The Balaban J connectivity index is 1.41. The van der Waals surface area contributed by atoms with Crippen molar-refractivity contribution in [2.75, 3.05) is 11.9 Å². The number of nitrogens with one attached hydrogen (secondary N) is 2. The Kier molecular flexibility index (Phi) is 9.97. The molecule has 0 aliphatic heterocycles. The molecule has 238 valence electrons. The van der Waals surface area contributed by atoms with Crippen LogP contribution in [0.25, 0.3) is 5.69 Å². The van der Waals surface area contributed by atoms with E-state index in [1.165, 1.54) is 40.4 Å². The fraction of sp³-hybridized carbons (Fsp3) is 0.367. The Morgan fingerprint density at radius 1 is 1.13 bits per heavy atom. The van der Waals surface area contributed by atoms with E-state index in [0.29, 0.717) is 10.6 Å². The first kappa shape index (κ1) is 32.3. The van der Waals surface area contributed by atoms with Gasteiger partial charge in [0.15, 0.2) is 16.7 Å². The second-order valence-electron chi connectivity index (χ2n) is 10.2. The topological polar surface area (TPSA) is 128 Å². The van der Waals surface area contributed by atoms with Crippen molar-refractivity contribution in [1.29, 1.82) is 0 Å². The van der Waals surface area contributed by atoms with Crippen LogP contribution >= 0.6 is 23.1 Å². The molecule has 1 aliphatic rings. The van der Waals surface area contributed by atoms with Crippen molar-refractivity contribution in [3.63, 3.8) is 0 Å². The average Bonchev–Trinajstić information content (AvgIpc) is 3.72. The van der Waals surface area contributed by atoms with E-state index in [9.17, 15) is 27.6 Å². The number of halogens is 3. The highest BCUT2D eigenvalue weighted by atomic mass is 32.2. The number of rotatable bonds is 10. The summed E-state index contributed by atoms with van der Waals surface area (Å²) in [6.07, 6.45) is 1.25. The molecule has 15 heteroatoms. The van der Waals surface area contributed by atoms with Crippen LogP contribution in [0.3, 0.4) is 0 Å². The molecule has 3 heterocycles. The number of benzene rings is 1. The van der Waals surface area contributed by atoms with E-state index in [1.54, 1.807) is 19.9 Å². The maximum atomic E-state index is 13.6. The first-order valence-corrected chi connectivity index (χ1v) is 16.0. The third-order valence-corrected chi connectivity index (χ3v) is 9.32. The number of thioether (sulfide) groups is 1. The van der Waals surface area contributed by atoms with Crippen molar-refractivity contribution in [3.05, 3.63) is 75.8 Å². The number of aryl methyl sites for hydroxylation is 1. The van der Waals surface area contributed by atoms with E-state index in [4.69, 9.17) is 9.15 Å². The first-order valence-electron chi connectivity index (χ1n) is 14.3. The smallest absolute Gasteiger partial charge is 0.416 e. The van der Waals surface area contributed by atoms with Crippen LogP contribution in [0.5, 0.6) is 0 Å². The van der Waals surface area contributed by atoms with Crippen LogP contribution in [0.15, 0.2) is 52.2 Å². The van der Waals surface area contributed by atoms with Crippen LogP contribution in [0, 0.1) is 0 Å². The zero-order valence-electron chi connectivity index (χ0n) is 24.4. The molecule has 2 amide bonds. The zero-order valence-corrected chi connectivity index (χ0v) is 26.0. The van der Waals surface area contributed by atoms with E-state index in [0.717, 1.165) is 66.4 Å². The number of esters is 1. The fourth-order valence-corrected chi connectivity index (χ4v) is 7.07. The normalized spacial score (nSPS) is 13.9. The number of carbonyl (C=O) groups excluding carboxylic acids is 3. The molecule has 4 aromatic rings. The number of fused-ring (bicyclic) bond motifs is 1. The molecule has 1 atom stereocenters. The lowest BCUT2D eigenvalue weighted by atomic mass is 10.1. The SMILES string of the molecule is CCOC(=O)c1c(NC(=O)[C@H](C)Sc2nnc(CNC(=O)c3ccco3)n2-c2cccc(C(F)(F)F)c2)sc2c1CCCCC2. The summed E-state index contributed by atoms with van der Waals surface area (Å²) in [6.45, 7) is 3.34. The van der Waals surface area contributed by atoms with Crippen molar-refractivity contribution in [1.82, 2.24) is 20.1 Å². The van der Waals surface area contributed by atoms with Crippen LogP contribution in [0.4, 0.5) is 18.2 Å². The zero-order chi connectivity index (χ0) is 32.1. The Bertz CT molecular complexity index is 1680. The lowest BCUT2D eigenvalue weighted by molar-refractivity contribution is -0.137. The number of thiophene rings is 1. The van der Waals surface area contributed by atoms with Gasteiger partial charge in [-0.15, -0.1) is 21.5 Å². The molecule has 1 aromatic carbocycles. The van der Waals surface area contributed by atoms with Gasteiger partial charge in [0, 0.05) is 4.88 Å². The molecule has 0 saturated heterocycles. The molecule has 2 N–H and O–H groups in total. The van der Waals surface area contributed by atoms with Crippen LogP contribution in [-0.2, 0) is 35.1 Å². The maximum Gasteiger partial charge on any atom is 0.416 e. The minimum absolute atomic E-state index is 0.0492. The van der Waals surface area contributed by atoms with Gasteiger partial charge in [0.25, 0.3) is 5.91 Å². The number of amides is 2. The van der Waals surface area contributed by atoms with Crippen molar-refractivity contribution in [2.24, 2.45) is 0 Å². The largest absolute Gasteiger partial charge is 0.462 e. The third kappa shape index (κ3) is 7.41. The Morgan fingerprint density at radius 3 is 2.67 bits per heavy atom. The highest BCUT2D eigenvalue weighted by Gasteiger charge is 2.32. The highest BCUT2D eigenvalue weighted by molar-refractivity contribution is 8.00. The Morgan fingerprint density at radius 2 is 1.93 bits per heavy atom. The predicted octanol–water partition coefficient (Wildman–Crippen LogP) is 6.44. The number of alkyl halides is 3. The summed E-state index contributed by atoms with van der Waals surface area (Å²) in [4.78, 5) is 39.9. The maximum absolute atomic E-state index is 13.6. The van der Waals surface area contributed by atoms with Gasteiger partial charge in [0.2, 0.25) is 5.91 Å². The van der Waals surface area contributed by atoms with Crippen molar-refractivity contribution < 1.29 is 36.7 Å². The highest BCUT2D eigenvalue weighted by Crippen LogP contribution is 2.39. The van der Waals surface area contributed by atoms with Gasteiger partial charge in [-0.25, -0.2) is 4.79 Å². The van der Waals surface area contributed by atoms with Crippen LogP contribution in [0.1, 0.15) is 75.9 Å². The molecule has 0 spiro atoms. The molecule has 3 aromatic heterocycles. The number of aromatic nitrogens is 3. The summed E-state index contributed by atoms with van der Waals surface area (Å²) >= 11 is 2.34. The van der Waals surface area contributed by atoms with Gasteiger partial charge in [0.05, 0.1) is 41.5 Å². The van der Waals surface area contributed by atoms with Gasteiger partial charge in [-0.3, -0.25) is 14.2 Å². The van der Waals surface area contributed by atoms with Gasteiger partial charge in [0.1, 0.15) is 5.00 Å². The van der Waals surface area contributed by atoms with E-state index in [-0.39, 0.29) is 35.6 Å². The standard InChI is InChI=1S/C30H30F3N5O5S2/c1-3-42-28(41)24-20-11-5-4-6-13-22(20)45-27(24)35-25(39)17(2)44-29-37-36-23(16-34-26(40)21-12-8-14-43-21)38(29)19-10-7-9-18(15-19)30(31,32)33/h7-10,12,14-15,17H,3-6,11,13,16H2,1-2H3,(H,34,40)(H,35,39)/t17-/m0/s1. The molecule has 0 unspecified atom stereocenters. The van der Waals surface area contributed by atoms with Crippen LogP contribution in [-0.4, -0.2) is 44.4 Å². The average molecular weight is 662 g/mol. The van der Waals surface area contributed by atoms with Crippen molar-refractivity contribution in [2.45, 2.75) is 69.1 Å². The van der Waals surface area contributed by atoms with E-state index >= 15 is 0 Å². The van der Waals surface area contributed by atoms with Crippen molar-refractivity contribution >= 4 is 45.9 Å². The summed E-state index contributed by atoms with van der Waals surface area (Å²) < 4.78 is 52.5. The number of ether oxygens (including phenoxy) is 1. The molecule has 1 aliphatic carbocycles. The molecular formula is C30H30F3N5O5S2. The van der Waals surface area contributed by atoms with E-state index in [2.05, 4.69) is 20.8 Å². The quantitative estimate of drug-likeness (QED) is 0.113. The minimum Gasteiger partial charge on any atom is -0.462 e. The van der Waals surface area contributed by atoms with Crippen LogP contribution in [0.2, 0.25) is 0 Å². The molecule has 5 rings (SSSR count). The monoisotopic (exact) mass is 661 g/mol. The molecule has 0 bridgehead atoms. The lowest BCUT2D eigenvalue weighted by Crippen LogP contribution is -2.25. The number of hydrogen-bond donors (Lipinski definition) is 2. The number of carbonyl (C=O) groups is 3. The number of furan rings is 1. The summed E-state index contributed by atoms with van der Waals surface area (Å²) in [6, 6.07) is 7.61. The second kappa shape index (κ2) is 13.9. The number of nitrogens with zero attached hydrogens (tertiary/aromatic N) is 3. The van der Waals surface area contributed by atoms with E-state index < -0.39 is 34.8 Å². The van der Waals surface area contributed by atoms with Gasteiger partial charge >= 0.3 is 12.1 Å². The van der Waals surface area contributed by atoms with Crippen LogP contribution < -0.4 is 10.6 Å². The molecule has 0 radical (unpaired) electrons. The molecule has 10 nitrogen and oxygen atoms in total. The van der Waals surface area contributed by atoms with Gasteiger partial charge in [-0.05, 0) is 75.4 Å². The third-order valence-electron chi connectivity index (χ3n) is 7.07. The molecule has 45 heavy (non-hydrogen) atoms. The molecule has 0 fully saturated rings. The predicted molar refractivity (Wildman–Crippen MR) is 162 cm³/mol. The fourth-order valence-electron chi connectivity index (χ4n) is 4.90. The number of hydrogen-bond acceptors (Lipinski definition) is 9. The summed E-state index contributed by atoms with van der Waals surface area (Å²) in [5.41, 5.74) is 0.506. The number of anilines is 1. The van der Waals surface area contributed by atoms with Gasteiger partial charge < -0.3 is 19.8 Å². The molecular weight excluding hydrogens is 631 g/mol. The van der Waals surface area contributed by atoms with E-state index in [1.807, 2.05) is 0 Å². The lowest BCUT2D eigenvalue weighted by Gasteiger charge is -2.15. The minimum atomic E-state index is -4.60. The first-order chi connectivity index (χ1) is 21.6. The Hall–Kier alpha value is -4.11. The summed E-state index contributed by atoms with van der Waals surface area (Å²) in [5, 5.41) is 13.5. The summed E-state index contributed by atoms with van der Waals surface area (Å²) in [5.74, 6) is -1.29. The summed E-state index contributed by atoms with van der Waals surface area (Å²) in [7, 11) is 0. The van der Waals surface area contributed by atoms with Gasteiger partial charge in [-0.2, -0.15) is 13.2 Å². The second-order valence-corrected chi connectivity index (χ2v) is 12.6. The van der Waals surface area contributed by atoms with Gasteiger partial charge in [-0.1, -0.05) is 24.2 Å². The molecule has 0 saturated carbocycles. The van der Waals surface area contributed by atoms with Crippen molar-refractivity contribution in [3.8, 4) is 5.69 Å².